The number of nitrogens with zero attached hydrogens (tertiary/aromatic N) is 1. The van der Waals surface area contributed by atoms with Gasteiger partial charge < -0.3 is 15.0 Å². The number of rotatable bonds is 6. The van der Waals surface area contributed by atoms with Crippen molar-refractivity contribution in [2.45, 2.75) is 43.0 Å². The predicted octanol–water partition coefficient (Wildman–Crippen LogP) is 2.78. The fourth-order valence-corrected chi connectivity index (χ4v) is 3.81. The Labute approximate surface area is 150 Å². The average Bonchev–Trinajstić information content (AvgIpc) is 3.09. The Bertz CT molecular complexity index is 835. The number of ether oxygens (including phenoxy) is 1. The summed E-state index contributed by atoms with van der Waals surface area (Å²) in [6.45, 7) is 1.94. The van der Waals surface area contributed by atoms with Crippen LogP contribution in [-0.2, 0) is 17.6 Å². The molecule has 0 saturated carbocycles. The van der Waals surface area contributed by atoms with Crippen molar-refractivity contribution in [3.63, 3.8) is 0 Å². The van der Waals surface area contributed by atoms with Gasteiger partial charge in [-0.1, -0.05) is 30.8 Å². The molecule has 1 aromatic heterocycles. The molecule has 3 rings (SSSR count). The first-order chi connectivity index (χ1) is 12.1. The van der Waals surface area contributed by atoms with Crippen LogP contribution in [0.3, 0.4) is 0 Å². The molecular weight excluding hydrogens is 338 g/mol. The van der Waals surface area contributed by atoms with Crippen LogP contribution in [0.5, 0.6) is 5.75 Å². The smallest absolute Gasteiger partial charge is 0.254 e. The lowest BCUT2D eigenvalue weighted by molar-refractivity contribution is -0.115. The number of aromatic nitrogens is 2. The zero-order chi connectivity index (χ0) is 17.8. The second-order valence-electron chi connectivity index (χ2n) is 5.85. The van der Waals surface area contributed by atoms with E-state index in [9.17, 15) is 9.59 Å². The van der Waals surface area contributed by atoms with Gasteiger partial charge in [0.1, 0.15) is 5.75 Å². The average molecular weight is 359 g/mol. The topological polar surface area (TPSA) is 84.1 Å². The van der Waals surface area contributed by atoms with E-state index in [1.165, 1.54) is 11.8 Å². The summed E-state index contributed by atoms with van der Waals surface area (Å²) in [6.07, 6.45) is 3.20. The van der Waals surface area contributed by atoms with Gasteiger partial charge in [0.2, 0.25) is 5.91 Å². The SMILES string of the molecule is CC[C@H](Sc1nc2c(c(=O)[nH]1)CCC2)C(=O)Nc1ccccc1OC. The summed E-state index contributed by atoms with van der Waals surface area (Å²) in [7, 11) is 1.57. The quantitative estimate of drug-likeness (QED) is 0.612. The summed E-state index contributed by atoms with van der Waals surface area (Å²) < 4.78 is 5.26. The molecule has 0 unspecified atom stereocenters. The first-order valence-electron chi connectivity index (χ1n) is 8.35. The van der Waals surface area contributed by atoms with E-state index in [4.69, 9.17) is 4.74 Å². The first-order valence-corrected chi connectivity index (χ1v) is 9.23. The summed E-state index contributed by atoms with van der Waals surface area (Å²) >= 11 is 1.29. The van der Waals surface area contributed by atoms with Crippen LogP contribution in [0.4, 0.5) is 5.69 Å². The van der Waals surface area contributed by atoms with Gasteiger partial charge in [-0.3, -0.25) is 9.59 Å². The van der Waals surface area contributed by atoms with E-state index < -0.39 is 0 Å². The van der Waals surface area contributed by atoms with E-state index in [1.807, 2.05) is 19.1 Å². The lowest BCUT2D eigenvalue weighted by Crippen LogP contribution is -2.26. The summed E-state index contributed by atoms with van der Waals surface area (Å²) in [4.78, 5) is 32.1. The Balaban J connectivity index is 1.75. The summed E-state index contributed by atoms with van der Waals surface area (Å²) in [5, 5.41) is 3.05. The third kappa shape index (κ3) is 3.87. The summed E-state index contributed by atoms with van der Waals surface area (Å²) in [5.74, 6) is 0.472. The molecule has 2 N–H and O–H groups in total. The van der Waals surface area contributed by atoms with Crippen LogP contribution in [-0.4, -0.2) is 28.2 Å². The monoisotopic (exact) mass is 359 g/mol. The number of fused-ring (bicyclic) bond motifs is 1. The summed E-state index contributed by atoms with van der Waals surface area (Å²) in [6, 6.07) is 7.28. The molecule has 25 heavy (non-hydrogen) atoms. The maximum atomic E-state index is 12.6. The fourth-order valence-electron chi connectivity index (χ4n) is 2.89. The molecule has 1 aliphatic carbocycles. The van der Waals surface area contributed by atoms with Crippen molar-refractivity contribution in [3.05, 3.63) is 45.9 Å². The molecule has 1 amide bonds. The molecule has 1 heterocycles. The molecule has 2 aromatic rings. The Morgan fingerprint density at radius 2 is 2.20 bits per heavy atom. The number of aryl methyl sites for hydroxylation is 1. The number of hydrogen-bond donors (Lipinski definition) is 2. The molecule has 0 bridgehead atoms. The third-order valence-electron chi connectivity index (χ3n) is 4.20. The lowest BCUT2D eigenvalue weighted by atomic mass is 10.2. The Morgan fingerprint density at radius 3 is 2.96 bits per heavy atom. The highest BCUT2D eigenvalue weighted by Crippen LogP contribution is 2.28. The van der Waals surface area contributed by atoms with Crippen molar-refractivity contribution in [2.24, 2.45) is 0 Å². The molecular formula is C18H21N3O3S. The number of benzene rings is 1. The fraction of sp³-hybridized carbons (Fsp3) is 0.389. The van der Waals surface area contributed by atoms with Crippen LogP contribution in [0.2, 0.25) is 0 Å². The van der Waals surface area contributed by atoms with Crippen LogP contribution in [0.15, 0.2) is 34.2 Å². The van der Waals surface area contributed by atoms with Crippen molar-refractivity contribution < 1.29 is 9.53 Å². The van der Waals surface area contributed by atoms with E-state index >= 15 is 0 Å². The lowest BCUT2D eigenvalue weighted by Gasteiger charge is -2.16. The zero-order valence-corrected chi connectivity index (χ0v) is 15.1. The second kappa shape index (κ2) is 7.74. The van der Waals surface area contributed by atoms with Gasteiger partial charge in [0.25, 0.3) is 5.56 Å². The number of nitrogens with one attached hydrogen (secondary N) is 2. The Hall–Kier alpha value is -2.28. The number of carbonyl (C=O) groups is 1. The maximum Gasteiger partial charge on any atom is 0.254 e. The molecule has 0 fully saturated rings. The van der Waals surface area contributed by atoms with Gasteiger partial charge in [0, 0.05) is 5.56 Å². The summed E-state index contributed by atoms with van der Waals surface area (Å²) in [5.41, 5.74) is 2.21. The second-order valence-corrected chi connectivity index (χ2v) is 7.05. The number of para-hydroxylation sites is 2. The molecule has 6 nitrogen and oxygen atoms in total. The zero-order valence-electron chi connectivity index (χ0n) is 14.3. The number of anilines is 1. The number of methoxy groups -OCH3 is 1. The van der Waals surface area contributed by atoms with E-state index in [0.717, 1.165) is 30.5 Å². The van der Waals surface area contributed by atoms with Crippen LogP contribution >= 0.6 is 11.8 Å². The molecule has 0 saturated heterocycles. The Kier molecular flexibility index (Phi) is 5.43. The molecule has 132 valence electrons. The minimum absolute atomic E-state index is 0.0787. The van der Waals surface area contributed by atoms with Gasteiger partial charge in [-0.15, -0.1) is 0 Å². The number of thioether (sulfide) groups is 1. The maximum absolute atomic E-state index is 12.6. The van der Waals surface area contributed by atoms with Gasteiger partial charge in [-0.2, -0.15) is 0 Å². The van der Waals surface area contributed by atoms with Crippen LogP contribution < -0.4 is 15.6 Å². The Morgan fingerprint density at radius 1 is 1.40 bits per heavy atom. The van der Waals surface area contributed by atoms with Crippen LogP contribution in [0, 0.1) is 0 Å². The molecule has 1 aromatic carbocycles. The minimum Gasteiger partial charge on any atom is -0.495 e. The molecule has 1 atom stereocenters. The van der Waals surface area contributed by atoms with Crippen molar-refractivity contribution in [3.8, 4) is 5.75 Å². The van der Waals surface area contributed by atoms with E-state index in [2.05, 4.69) is 15.3 Å². The van der Waals surface area contributed by atoms with Gasteiger partial charge >= 0.3 is 0 Å². The highest BCUT2D eigenvalue weighted by molar-refractivity contribution is 8.00. The molecule has 0 spiro atoms. The van der Waals surface area contributed by atoms with Gasteiger partial charge in [0.05, 0.1) is 23.7 Å². The molecule has 0 radical (unpaired) electrons. The minimum atomic E-state index is -0.354. The van der Waals surface area contributed by atoms with Gasteiger partial charge in [0.15, 0.2) is 5.16 Å². The predicted molar refractivity (Wildman–Crippen MR) is 98.4 cm³/mol. The number of hydrogen-bond acceptors (Lipinski definition) is 5. The van der Waals surface area contributed by atoms with Gasteiger partial charge in [-0.05, 0) is 37.8 Å². The third-order valence-corrected chi connectivity index (χ3v) is 5.45. The van der Waals surface area contributed by atoms with Crippen LogP contribution in [0.25, 0.3) is 0 Å². The largest absolute Gasteiger partial charge is 0.495 e. The molecule has 7 heteroatoms. The van der Waals surface area contributed by atoms with Crippen molar-refractivity contribution in [2.75, 3.05) is 12.4 Å². The first kappa shape index (κ1) is 17.5. The van der Waals surface area contributed by atoms with E-state index in [1.54, 1.807) is 19.2 Å². The van der Waals surface area contributed by atoms with Crippen molar-refractivity contribution >= 4 is 23.4 Å². The van der Waals surface area contributed by atoms with Gasteiger partial charge in [-0.25, -0.2) is 4.98 Å². The molecule has 0 aliphatic heterocycles. The highest BCUT2D eigenvalue weighted by Gasteiger charge is 2.23. The number of H-pyrrole nitrogens is 1. The number of carbonyl (C=O) groups excluding carboxylic acids is 1. The molecule has 1 aliphatic rings. The standard InChI is InChI=1S/C18H21N3O3S/c1-3-15(17(23)19-13-8-4-5-10-14(13)24-2)25-18-20-12-9-6-7-11(12)16(22)21-18/h4-5,8,10,15H,3,6-7,9H2,1-2H3,(H,19,23)(H,20,21,22)/t15-/m0/s1. The van der Waals surface area contributed by atoms with Crippen molar-refractivity contribution in [1.29, 1.82) is 0 Å². The number of amides is 1. The van der Waals surface area contributed by atoms with Crippen molar-refractivity contribution in [1.82, 2.24) is 9.97 Å². The van der Waals surface area contributed by atoms with E-state index in [-0.39, 0.29) is 16.7 Å². The number of aromatic amines is 1. The normalized spacial score (nSPS) is 14.0. The van der Waals surface area contributed by atoms with Crippen LogP contribution in [0.1, 0.15) is 31.0 Å². The highest BCUT2D eigenvalue weighted by atomic mass is 32.2. The van der Waals surface area contributed by atoms with E-state index in [0.29, 0.717) is 23.0 Å².